The third-order valence-corrected chi connectivity index (χ3v) is 6.89. The second-order valence-electron chi connectivity index (χ2n) is 8.85. The van der Waals surface area contributed by atoms with E-state index in [2.05, 4.69) is 49.5 Å². The van der Waals surface area contributed by atoms with E-state index in [9.17, 15) is 4.79 Å². The minimum absolute atomic E-state index is 0.0639. The van der Waals surface area contributed by atoms with Crippen LogP contribution in [0.15, 0.2) is 55.1 Å². The molecule has 0 atom stereocenters. The number of anilines is 1. The lowest BCUT2D eigenvalue weighted by Gasteiger charge is -2.08. The molecule has 9 nitrogen and oxygen atoms in total. The van der Waals surface area contributed by atoms with Gasteiger partial charge in [-0.2, -0.15) is 5.10 Å². The SMILES string of the molecule is Cc1ccc(-c2cncc3[nH]c(-c4n[nH]c5ccc(-c6cncc(NC(=O)C(C)C)c6)nc45)nc23)s1. The van der Waals surface area contributed by atoms with E-state index < -0.39 is 0 Å². The summed E-state index contributed by atoms with van der Waals surface area (Å²) in [5.74, 6) is 0.422. The average Bonchev–Trinajstić information content (AvgIpc) is 3.61. The van der Waals surface area contributed by atoms with Gasteiger partial charge in [0.2, 0.25) is 5.91 Å². The van der Waals surface area contributed by atoms with Crippen LogP contribution in [-0.4, -0.2) is 41.0 Å². The molecule has 10 heteroatoms. The van der Waals surface area contributed by atoms with Crippen LogP contribution >= 0.6 is 11.3 Å². The molecule has 6 heterocycles. The Kier molecular flexibility index (Phi) is 5.30. The van der Waals surface area contributed by atoms with Gasteiger partial charge in [-0.25, -0.2) is 9.97 Å². The van der Waals surface area contributed by atoms with Crippen LogP contribution in [0.1, 0.15) is 18.7 Å². The van der Waals surface area contributed by atoms with Gasteiger partial charge in [-0.15, -0.1) is 11.3 Å². The Morgan fingerprint density at radius 2 is 1.83 bits per heavy atom. The maximum atomic E-state index is 12.1. The number of aryl methyl sites for hydroxylation is 1. The number of aromatic amines is 2. The third kappa shape index (κ3) is 3.91. The highest BCUT2D eigenvalue weighted by molar-refractivity contribution is 7.15. The zero-order chi connectivity index (χ0) is 24.8. The molecule has 0 unspecified atom stereocenters. The van der Waals surface area contributed by atoms with Crippen molar-refractivity contribution in [1.82, 2.24) is 35.1 Å². The minimum Gasteiger partial charge on any atom is -0.335 e. The van der Waals surface area contributed by atoms with Crippen LogP contribution in [0.25, 0.3) is 55.3 Å². The summed E-state index contributed by atoms with van der Waals surface area (Å²) in [6.45, 7) is 5.78. The topological polar surface area (TPSA) is 125 Å². The van der Waals surface area contributed by atoms with Gasteiger partial charge in [0.1, 0.15) is 11.0 Å². The standard InChI is InChI=1S/C26H22N8OS/c1-13(2)26(35)29-16-8-15(9-27-10-16)18-5-6-19-23(30-18)24(34-33-19)25-31-20-12-28-11-17(22(20)32-25)21-7-4-14(3)36-21/h4-13H,1-3H3,(H,29,35)(H,31,32)(H,33,34). The first kappa shape index (κ1) is 22.1. The molecule has 6 aromatic rings. The highest BCUT2D eigenvalue weighted by Crippen LogP contribution is 2.34. The van der Waals surface area contributed by atoms with Gasteiger partial charge in [-0.05, 0) is 37.3 Å². The van der Waals surface area contributed by atoms with Crippen molar-refractivity contribution in [2.75, 3.05) is 5.32 Å². The van der Waals surface area contributed by atoms with Gasteiger partial charge in [0.05, 0.1) is 34.8 Å². The van der Waals surface area contributed by atoms with Crippen molar-refractivity contribution in [3.05, 3.63) is 60.0 Å². The fourth-order valence-corrected chi connectivity index (χ4v) is 4.84. The molecule has 1 amide bonds. The highest BCUT2D eigenvalue weighted by Gasteiger charge is 2.18. The first-order chi connectivity index (χ1) is 17.5. The quantitative estimate of drug-likeness (QED) is 0.287. The van der Waals surface area contributed by atoms with E-state index >= 15 is 0 Å². The molecule has 0 aliphatic carbocycles. The molecule has 0 radical (unpaired) electrons. The molecule has 0 aliphatic heterocycles. The summed E-state index contributed by atoms with van der Waals surface area (Å²) in [6, 6.07) is 9.88. The molecule has 0 bridgehead atoms. The van der Waals surface area contributed by atoms with E-state index in [0.29, 0.717) is 28.4 Å². The lowest BCUT2D eigenvalue weighted by Crippen LogP contribution is -2.17. The Hall–Kier alpha value is -4.44. The van der Waals surface area contributed by atoms with E-state index in [1.54, 1.807) is 29.9 Å². The van der Waals surface area contributed by atoms with Gasteiger partial charge >= 0.3 is 0 Å². The summed E-state index contributed by atoms with van der Waals surface area (Å²) in [5.41, 5.74) is 6.87. The Bertz CT molecular complexity index is 1750. The number of hydrogen-bond donors (Lipinski definition) is 3. The van der Waals surface area contributed by atoms with E-state index in [1.807, 2.05) is 38.2 Å². The average molecular weight is 495 g/mol. The lowest BCUT2D eigenvalue weighted by atomic mass is 10.1. The van der Waals surface area contributed by atoms with Crippen molar-refractivity contribution in [3.8, 4) is 33.2 Å². The van der Waals surface area contributed by atoms with E-state index in [4.69, 9.17) is 9.97 Å². The maximum absolute atomic E-state index is 12.1. The molecule has 3 N–H and O–H groups in total. The summed E-state index contributed by atoms with van der Waals surface area (Å²) in [4.78, 5) is 36.3. The van der Waals surface area contributed by atoms with Gasteiger partial charge in [-0.3, -0.25) is 19.9 Å². The number of H-pyrrole nitrogens is 2. The van der Waals surface area contributed by atoms with E-state index in [0.717, 1.165) is 32.6 Å². The fraction of sp³-hybridized carbons (Fsp3) is 0.154. The summed E-state index contributed by atoms with van der Waals surface area (Å²) in [7, 11) is 0. The minimum atomic E-state index is -0.125. The normalized spacial score (nSPS) is 11.6. The van der Waals surface area contributed by atoms with Crippen LogP contribution in [0.3, 0.4) is 0 Å². The molecule has 0 aromatic carbocycles. The van der Waals surface area contributed by atoms with Crippen molar-refractivity contribution in [2.45, 2.75) is 20.8 Å². The molecule has 6 aromatic heterocycles. The molecule has 36 heavy (non-hydrogen) atoms. The van der Waals surface area contributed by atoms with Gasteiger partial charge in [-0.1, -0.05) is 13.8 Å². The van der Waals surface area contributed by atoms with Crippen LogP contribution in [0.4, 0.5) is 5.69 Å². The maximum Gasteiger partial charge on any atom is 0.226 e. The van der Waals surface area contributed by atoms with E-state index in [1.165, 1.54) is 4.88 Å². The van der Waals surface area contributed by atoms with Gasteiger partial charge in [0.25, 0.3) is 0 Å². The zero-order valence-electron chi connectivity index (χ0n) is 19.8. The number of nitrogens with one attached hydrogen (secondary N) is 3. The Balaban J connectivity index is 1.41. The summed E-state index contributed by atoms with van der Waals surface area (Å²) in [6.07, 6.45) is 6.96. The molecule has 0 saturated carbocycles. The molecular formula is C26H22N8OS. The molecule has 6 rings (SSSR count). The van der Waals surface area contributed by atoms with Crippen molar-refractivity contribution in [2.24, 2.45) is 5.92 Å². The molecule has 0 spiro atoms. The van der Waals surface area contributed by atoms with E-state index in [-0.39, 0.29) is 11.8 Å². The smallest absolute Gasteiger partial charge is 0.226 e. The zero-order valence-corrected chi connectivity index (χ0v) is 20.6. The third-order valence-electron chi connectivity index (χ3n) is 5.86. The van der Waals surface area contributed by atoms with Crippen molar-refractivity contribution in [3.63, 3.8) is 0 Å². The Morgan fingerprint density at radius 1 is 0.972 bits per heavy atom. The first-order valence-electron chi connectivity index (χ1n) is 11.5. The molecule has 0 saturated heterocycles. The largest absolute Gasteiger partial charge is 0.335 e. The van der Waals surface area contributed by atoms with Crippen molar-refractivity contribution >= 4 is 45.0 Å². The van der Waals surface area contributed by atoms with Gasteiger partial charge in [0.15, 0.2) is 11.5 Å². The van der Waals surface area contributed by atoms with Crippen LogP contribution in [0.5, 0.6) is 0 Å². The van der Waals surface area contributed by atoms with Crippen LogP contribution in [0.2, 0.25) is 0 Å². The second-order valence-corrected chi connectivity index (χ2v) is 10.1. The monoisotopic (exact) mass is 494 g/mol. The number of pyridine rings is 3. The number of imidazole rings is 1. The molecule has 0 aliphatic rings. The van der Waals surface area contributed by atoms with Crippen LogP contribution < -0.4 is 5.32 Å². The summed E-state index contributed by atoms with van der Waals surface area (Å²) in [5, 5.41) is 10.4. The van der Waals surface area contributed by atoms with Gasteiger partial charge < -0.3 is 10.3 Å². The fourth-order valence-electron chi connectivity index (χ4n) is 3.96. The lowest BCUT2D eigenvalue weighted by molar-refractivity contribution is -0.118. The second kappa shape index (κ2) is 8.65. The predicted molar refractivity (Wildman–Crippen MR) is 142 cm³/mol. The number of aromatic nitrogens is 7. The number of carbonyl (C=O) groups excluding carboxylic acids is 1. The molecule has 0 fully saturated rings. The summed E-state index contributed by atoms with van der Waals surface area (Å²) >= 11 is 1.71. The number of thiophene rings is 1. The number of hydrogen-bond acceptors (Lipinski definition) is 7. The Morgan fingerprint density at radius 3 is 2.64 bits per heavy atom. The highest BCUT2D eigenvalue weighted by atomic mass is 32.1. The number of rotatable bonds is 5. The number of carbonyl (C=O) groups is 1. The van der Waals surface area contributed by atoms with Crippen LogP contribution in [0, 0.1) is 12.8 Å². The first-order valence-corrected chi connectivity index (χ1v) is 12.3. The van der Waals surface area contributed by atoms with Crippen molar-refractivity contribution < 1.29 is 4.79 Å². The summed E-state index contributed by atoms with van der Waals surface area (Å²) < 4.78 is 0. The number of amides is 1. The Labute approximate surface area is 210 Å². The predicted octanol–water partition coefficient (Wildman–Crippen LogP) is 5.59. The van der Waals surface area contributed by atoms with Gasteiger partial charge in [0, 0.05) is 39.2 Å². The molecule has 178 valence electrons. The molecular weight excluding hydrogens is 472 g/mol. The van der Waals surface area contributed by atoms with Crippen LogP contribution in [-0.2, 0) is 4.79 Å². The number of nitrogens with zero attached hydrogens (tertiary/aromatic N) is 5. The van der Waals surface area contributed by atoms with Crippen molar-refractivity contribution in [1.29, 1.82) is 0 Å². The number of fused-ring (bicyclic) bond motifs is 2.